The second kappa shape index (κ2) is 8.22. The summed E-state index contributed by atoms with van der Waals surface area (Å²) >= 11 is 1.34. The van der Waals surface area contributed by atoms with Gasteiger partial charge in [-0.05, 0) is 30.6 Å². The van der Waals surface area contributed by atoms with Crippen LogP contribution in [0.2, 0.25) is 0 Å². The van der Waals surface area contributed by atoms with Gasteiger partial charge in [0.25, 0.3) is 5.24 Å². The van der Waals surface area contributed by atoms with Crippen molar-refractivity contribution in [2.24, 2.45) is 0 Å². The molecule has 16 heavy (non-hydrogen) atoms. The Bertz CT molecular complexity index is 300. The summed E-state index contributed by atoms with van der Waals surface area (Å²) in [6.45, 7) is 2.78. The summed E-state index contributed by atoms with van der Waals surface area (Å²) in [5, 5.41) is 2.99. The highest BCUT2D eigenvalue weighted by Crippen LogP contribution is 2.04. The summed E-state index contributed by atoms with van der Waals surface area (Å²) in [7, 11) is 0. The first kappa shape index (κ1) is 13.1. The molecule has 1 N–H and O–H groups in total. The van der Waals surface area contributed by atoms with E-state index in [0.717, 1.165) is 31.6 Å². The van der Waals surface area contributed by atoms with Gasteiger partial charge in [0.2, 0.25) is 0 Å². The molecule has 0 heterocycles. The molecule has 1 aromatic carbocycles. The van der Waals surface area contributed by atoms with Gasteiger partial charge in [0.15, 0.2) is 0 Å². The average molecular weight is 237 g/mol. The molecule has 1 aromatic rings. The highest BCUT2D eigenvalue weighted by molar-refractivity contribution is 8.13. The van der Waals surface area contributed by atoms with Crippen molar-refractivity contribution in [3.05, 3.63) is 35.9 Å². The van der Waals surface area contributed by atoms with Crippen LogP contribution in [-0.4, -0.2) is 17.5 Å². The minimum absolute atomic E-state index is 0.0993. The van der Waals surface area contributed by atoms with Crippen molar-refractivity contribution >= 4 is 17.0 Å². The zero-order valence-electron chi connectivity index (χ0n) is 9.74. The molecule has 0 spiro atoms. The van der Waals surface area contributed by atoms with Crippen molar-refractivity contribution in [3.8, 4) is 0 Å². The molecule has 0 aliphatic rings. The number of hydrogen-bond acceptors (Lipinski definition) is 2. The molecule has 0 saturated carbocycles. The van der Waals surface area contributed by atoms with Crippen LogP contribution in [-0.2, 0) is 6.42 Å². The second-order valence-electron chi connectivity index (χ2n) is 3.59. The molecule has 88 valence electrons. The molecular formula is C13H19NOS. The monoisotopic (exact) mass is 237 g/mol. The SMILES string of the molecule is CCSC(=O)NCCCCc1ccccc1. The number of thioether (sulfide) groups is 1. The largest absolute Gasteiger partial charge is 0.347 e. The maximum atomic E-state index is 11.1. The summed E-state index contributed by atoms with van der Waals surface area (Å²) < 4.78 is 0. The normalized spacial score (nSPS) is 10.1. The van der Waals surface area contributed by atoms with Gasteiger partial charge in [-0.2, -0.15) is 0 Å². The lowest BCUT2D eigenvalue weighted by Gasteiger charge is -2.03. The molecule has 0 saturated heterocycles. The Balaban J connectivity index is 2.02. The molecule has 1 rings (SSSR count). The lowest BCUT2D eigenvalue weighted by molar-refractivity contribution is 0.260. The Morgan fingerprint density at radius 1 is 1.25 bits per heavy atom. The Labute approximate surface area is 102 Å². The van der Waals surface area contributed by atoms with E-state index in [-0.39, 0.29) is 5.24 Å². The van der Waals surface area contributed by atoms with Crippen molar-refractivity contribution in [1.82, 2.24) is 5.32 Å². The third-order valence-corrected chi connectivity index (χ3v) is 2.98. The van der Waals surface area contributed by atoms with Crippen LogP contribution in [0.3, 0.4) is 0 Å². The summed E-state index contributed by atoms with van der Waals surface area (Å²) in [6, 6.07) is 10.5. The maximum Gasteiger partial charge on any atom is 0.279 e. The number of amides is 1. The quantitative estimate of drug-likeness (QED) is 0.768. The van der Waals surface area contributed by atoms with E-state index in [0.29, 0.717) is 0 Å². The number of nitrogens with one attached hydrogen (secondary N) is 1. The molecule has 0 aromatic heterocycles. The molecule has 0 aliphatic carbocycles. The van der Waals surface area contributed by atoms with Crippen LogP contribution in [0, 0.1) is 0 Å². The van der Waals surface area contributed by atoms with E-state index in [4.69, 9.17) is 0 Å². The Morgan fingerprint density at radius 3 is 2.69 bits per heavy atom. The second-order valence-corrected chi connectivity index (χ2v) is 4.83. The van der Waals surface area contributed by atoms with Gasteiger partial charge >= 0.3 is 0 Å². The van der Waals surface area contributed by atoms with E-state index < -0.39 is 0 Å². The van der Waals surface area contributed by atoms with Gasteiger partial charge in [0.05, 0.1) is 0 Å². The molecular weight excluding hydrogens is 218 g/mol. The van der Waals surface area contributed by atoms with Crippen molar-refractivity contribution in [2.75, 3.05) is 12.3 Å². The smallest absolute Gasteiger partial charge is 0.279 e. The highest BCUT2D eigenvalue weighted by atomic mass is 32.2. The van der Waals surface area contributed by atoms with Gasteiger partial charge in [-0.25, -0.2) is 0 Å². The highest BCUT2D eigenvalue weighted by Gasteiger charge is 1.98. The number of rotatable bonds is 6. The Hall–Kier alpha value is -0.960. The lowest BCUT2D eigenvalue weighted by Crippen LogP contribution is -2.20. The third kappa shape index (κ3) is 5.81. The summed E-state index contributed by atoms with van der Waals surface area (Å²) in [4.78, 5) is 11.1. The summed E-state index contributed by atoms with van der Waals surface area (Å²) in [5.74, 6) is 0.843. The van der Waals surface area contributed by atoms with Gasteiger partial charge in [0, 0.05) is 6.54 Å². The number of carbonyl (C=O) groups excluding carboxylic acids is 1. The summed E-state index contributed by atoms with van der Waals surface area (Å²) in [5.41, 5.74) is 1.37. The van der Waals surface area contributed by atoms with Crippen LogP contribution < -0.4 is 5.32 Å². The van der Waals surface area contributed by atoms with E-state index in [2.05, 4.69) is 29.6 Å². The molecule has 0 unspecified atom stereocenters. The fraction of sp³-hybridized carbons (Fsp3) is 0.462. The van der Waals surface area contributed by atoms with Crippen LogP contribution in [0.25, 0.3) is 0 Å². The third-order valence-electron chi connectivity index (χ3n) is 2.28. The van der Waals surface area contributed by atoms with Crippen molar-refractivity contribution < 1.29 is 4.79 Å². The molecule has 0 atom stereocenters. The fourth-order valence-electron chi connectivity index (χ4n) is 1.47. The number of benzene rings is 1. The van der Waals surface area contributed by atoms with Crippen LogP contribution in [0.5, 0.6) is 0 Å². The van der Waals surface area contributed by atoms with Gasteiger partial charge in [-0.15, -0.1) is 0 Å². The van der Waals surface area contributed by atoms with Gasteiger partial charge < -0.3 is 5.32 Å². The van der Waals surface area contributed by atoms with Crippen molar-refractivity contribution in [3.63, 3.8) is 0 Å². The predicted molar refractivity (Wildman–Crippen MR) is 70.9 cm³/mol. The van der Waals surface area contributed by atoms with E-state index in [1.807, 2.05) is 13.0 Å². The van der Waals surface area contributed by atoms with Crippen LogP contribution in [0.1, 0.15) is 25.3 Å². The lowest BCUT2D eigenvalue weighted by atomic mass is 10.1. The first-order valence-corrected chi connectivity index (χ1v) is 6.76. The van der Waals surface area contributed by atoms with Gasteiger partial charge in [0.1, 0.15) is 0 Å². The molecule has 2 nitrogen and oxygen atoms in total. The minimum Gasteiger partial charge on any atom is -0.347 e. The first-order valence-electron chi connectivity index (χ1n) is 5.77. The Morgan fingerprint density at radius 2 is 2.00 bits per heavy atom. The van der Waals surface area contributed by atoms with Crippen LogP contribution in [0.15, 0.2) is 30.3 Å². The van der Waals surface area contributed by atoms with Crippen LogP contribution >= 0.6 is 11.8 Å². The Kier molecular flexibility index (Phi) is 6.74. The average Bonchev–Trinajstić information content (AvgIpc) is 2.30. The minimum atomic E-state index is 0.0993. The van der Waals surface area contributed by atoms with E-state index >= 15 is 0 Å². The fourth-order valence-corrected chi connectivity index (χ4v) is 1.94. The van der Waals surface area contributed by atoms with Crippen molar-refractivity contribution in [1.29, 1.82) is 0 Å². The number of carbonyl (C=O) groups is 1. The molecule has 3 heteroatoms. The molecule has 0 bridgehead atoms. The number of hydrogen-bond donors (Lipinski definition) is 1. The van der Waals surface area contributed by atoms with Crippen molar-refractivity contribution in [2.45, 2.75) is 26.2 Å². The molecule has 0 radical (unpaired) electrons. The maximum absolute atomic E-state index is 11.1. The summed E-state index contributed by atoms with van der Waals surface area (Å²) in [6.07, 6.45) is 3.27. The number of aryl methyl sites for hydroxylation is 1. The van der Waals surface area contributed by atoms with Gasteiger partial charge in [-0.3, -0.25) is 4.79 Å². The molecule has 0 fully saturated rings. The first-order chi connectivity index (χ1) is 7.83. The molecule has 1 amide bonds. The van der Waals surface area contributed by atoms with E-state index in [1.54, 1.807) is 0 Å². The molecule has 0 aliphatic heterocycles. The van der Waals surface area contributed by atoms with E-state index in [1.165, 1.54) is 17.3 Å². The van der Waals surface area contributed by atoms with Crippen LogP contribution in [0.4, 0.5) is 4.79 Å². The topological polar surface area (TPSA) is 29.1 Å². The van der Waals surface area contributed by atoms with E-state index in [9.17, 15) is 4.79 Å². The number of unbranched alkanes of at least 4 members (excludes halogenated alkanes) is 1. The zero-order valence-corrected chi connectivity index (χ0v) is 10.6. The van der Waals surface area contributed by atoms with Gasteiger partial charge in [-0.1, -0.05) is 49.0 Å². The predicted octanol–water partition coefficient (Wildman–Crippen LogP) is 3.47. The zero-order chi connectivity index (χ0) is 11.6. The standard InChI is InChI=1S/C13H19NOS/c1-2-16-13(15)14-11-7-6-10-12-8-4-3-5-9-12/h3-5,8-9H,2,6-7,10-11H2,1H3,(H,14,15).